The quantitative estimate of drug-likeness (QED) is 0.188. The molecule has 0 aliphatic heterocycles. The first-order valence-corrected chi connectivity index (χ1v) is 13.1. The maximum atomic E-state index is 12.9. The summed E-state index contributed by atoms with van der Waals surface area (Å²) in [6.07, 6.45) is 6.06. The summed E-state index contributed by atoms with van der Waals surface area (Å²) in [5, 5.41) is 18.9. The highest BCUT2D eigenvalue weighted by Crippen LogP contribution is 2.32. The van der Waals surface area contributed by atoms with Gasteiger partial charge in [-0.05, 0) is 49.4 Å². The summed E-state index contributed by atoms with van der Waals surface area (Å²) in [5.74, 6) is 1.03. The number of rotatable bonds is 13. The second-order valence-electron chi connectivity index (χ2n) is 9.39. The van der Waals surface area contributed by atoms with E-state index in [0.717, 1.165) is 36.7 Å². The highest BCUT2D eigenvalue weighted by Gasteiger charge is 2.18. The molecule has 0 radical (unpaired) electrons. The standard InChI is InChI=1S/C28H34FN5O2.CH2F2/c1-4-8-20(9-7-12-26(35)28-31-24-10-5-6-11-25(24)33(28)3)17-34-18-22-23(32-34)14-13-21(27(22)36)19(2)30-16-15-29;2-1-3/h5-6,10-11,13-14,18,20,30,36H,2,4,7-9,12,15-17H2,1,3H3;1H2. The number of aromatic nitrogens is 4. The van der Waals surface area contributed by atoms with Crippen molar-refractivity contribution >= 4 is 33.4 Å². The van der Waals surface area contributed by atoms with E-state index in [-0.39, 0.29) is 18.1 Å². The molecule has 0 saturated carbocycles. The Hall–Kier alpha value is -3.82. The molecule has 10 heteroatoms. The normalized spacial score (nSPS) is 11.8. The van der Waals surface area contributed by atoms with Gasteiger partial charge in [0.1, 0.15) is 12.4 Å². The lowest BCUT2D eigenvalue weighted by atomic mass is 9.96. The molecule has 39 heavy (non-hydrogen) atoms. The Morgan fingerprint density at radius 3 is 2.56 bits per heavy atom. The zero-order valence-electron chi connectivity index (χ0n) is 22.5. The van der Waals surface area contributed by atoms with Crippen LogP contribution in [0.2, 0.25) is 0 Å². The van der Waals surface area contributed by atoms with Crippen LogP contribution in [0.25, 0.3) is 27.6 Å². The molecule has 0 saturated heterocycles. The Kier molecular flexibility index (Phi) is 11.0. The van der Waals surface area contributed by atoms with Gasteiger partial charge in [-0.3, -0.25) is 9.48 Å². The molecule has 0 fully saturated rings. The fraction of sp³-hybridized carbons (Fsp3) is 0.414. The van der Waals surface area contributed by atoms with Crippen LogP contribution in [0.15, 0.2) is 49.2 Å². The molecular weight excluding hydrogens is 507 g/mol. The van der Waals surface area contributed by atoms with E-state index in [1.54, 1.807) is 6.07 Å². The number of phenolic OH excluding ortho intramolecular Hbond substituents is 1. The van der Waals surface area contributed by atoms with Crippen molar-refractivity contribution in [3.8, 4) is 5.75 Å². The van der Waals surface area contributed by atoms with E-state index >= 15 is 0 Å². The lowest BCUT2D eigenvalue weighted by molar-refractivity contribution is 0.0964. The van der Waals surface area contributed by atoms with Gasteiger partial charge >= 0.3 is 0 Å². The molecule has 0 aliphatic rings. The number of carbonyl (C=O) groups excluding carboxylic acids is 1. The number of Topliss-reactive ketones (excluding diaryl/α,β-unsaturated/α-hetero) is 1. The number of nitrogens with zero attached hydrogens (tertiary/aromatic N) is 4. The summed E-state index contributed by atoms with van der Waals surface area (Å²) in [5.41, 5.74) is 3.52. The van der Waals surface area contributed by atoms with Crippen molar-refractivity contribution in [3.05, 3.63) is 60.6 Å². The summed E-state index contributed by atoms with van der Waals surface area (Å²) in [4.78, 5) is 17.4. The first-order valence-electron chi connectivity index (χ1n) is 13.1. The van der Waals surface area contributed by atoms with Gasteiger partial charge in [0, 0.05) is 44.0 Å². The van der Waals surface area contributed by atoms with Crippen molar-refractivity contribution in [2.24, 2.45) is 13.0 Å². The molecule has 0 aliphatic carbocycles. The molecule has 2 aromatic heterocycles. The topological polar surface area (TPSA) is 85.0 Å². The van der Waals surface area contributed by atoms with Gasteiger partial charge < -0.3 is 15.0 Å². The molecule has 2 aromatic carbocycles. The van der Waals surface area contributed by atoms with Gasteiger partial charge in [0.25, 0.3) is 0 Å². The van der Waals surface area contributed by atoms with Crippen LogP contribution < -0.4 is 5.32 Å². The summed E-state index contributed by atoms with van der Waals surface area (Å²) >= 11 is 0. The number of hydrogen-bond acceptors (Lipinski definition) is 5. The fourth-order valence-electron chi connectivity index (χ4n) is 4.82. The third-order valence-electron chi connectivity index (χ3n) is 6.66. The molecule has 0 spiro atoms. The number of alkyl halides is 3. The van der Waals surface area contributed by atoms with Crippen molar-refractivity contribution in [2.75, 3.05) is 20.1 Å². The number of aryl methyl sites for hydroxylation is 1. The van der Waals surface area contributed by atoms with Crippen molar-refractivity contribution in [2.45, 2.75) is 45.6 Å². The molecule has 210 valence electrons. The molecule has 2 heterocycles. The van der Waals surface area contributed by atoms with Crippen LogP contribution >= 0.6 is 0 Å². The molecule has 4 aromatic rings. The number of fused-ring (bicyclic) bond motifs is 2. The maximum Gasteiger partial charge on any atom is 0.229 e. The van der Waals surface area contributed by atoms with Gasteiger partial charge in [-0.15, -0.1) is 0 Å². The minimum atomic E-state index is -1.75. The van der Waals surface area contributed by atoms with Crippen LogP contribution in [-0.2, 0) is 13.6 Å². The molecular formula is C29H36F3N5O2. The summed E-state index contributed by atoms with van der Waals surface area (Å²) in [6.45, 7) is 4.65. The highest BCUT2D eigenvalue weighted by molar-refractivity contribution is 5.96. The van der Waals surface area contributed by atoms with Gasteiger partial charge in [-0.2, -0.15) is 5.10 Å². The smallest absolute Gasteiger partial charge is 0.229 e. The summed E-state index contributed by atoms with van der Waals surface area (Å²) in [6, 6.07) is 11.4. The van der Waals surface area contributed by atoms with Crippen LogP contribution in [0.1, 0.15) is 55.2 Å². The average Bonchev–Trinajstić information content (AvgIpc) is 3.49. The van der Waals surface area contributed by atoms with Gasteiger partial charge in [0.15, 0.2) is 11.6 Å². The summed E-state index contributed by atoms with van der Waals surface area (Å²) in [7, 11) is 1.89. The molecule has 1 atom stereocenters. The average molecular weight is 544 g/mol. The maximum absolute atomic E-state index is 12.9. The first kappa shape index (κ1) is 29.7. The van der Waals surface area contributed by atoms with Crippen LogP contribution in [0.3, 0.4) is 0 Å². The largest absolute Gasteiger partial charge is 0.506 e. The van der Waals surface area contributed by atoms with Gasteiger partial charge in [0.2, 0.25) is 6.93 Å². The number of hydrogen-bond donors (Lipinski definition) is 2. The zero-order chi connectivity index (χ0) is 28.4. The van der Waals surface area contributed by atoms with Crippen LogP contribution in [0.4, 0.5) is 13.2 Å². The number of phenols is 1. The van der Waals surface area contributed by atoms with Crippen molar-refractivity contribution in [3.63, 3.8) is 0 Å². The number of para-hydroxylation sites is 2. The van der Waals surface area contributed by atoms with Crippen LogP contribution in [0.5, 0.6) is 5.75 Å². The second-order valence-corrected chi connectivity index (χ2v) is 9.39. The second kappa shape index (κ2) is 14.4. The zero-order valence-corrected chi connectivity index (χ0v) is 22.5. The minimum Gasteiger partial charge on any atom is -0.506 e. The number of halogens is 3. The predicted molar refractivity (Wildman–Crippen MR) is 149 cm³/mol. The SMILES string of the molecule is C=C(NCCF)c1ccc2nn(CC(CCC)CCCC(=O)c3nc4ccccc4n3C)cc2c1O.FCF. The van der Waals surface area contributed by atoms with Gasteiger partial charge in [-0.1, -0.05) is 32.1 Å². The van der Waals surface area contributed by atoms with Crippen molar-refractivity contribution in [1.29, 1.82) is 0 Å². The molecule has 1 unspecified atom stereocenters. The van der Waals surface area contributed by atoms with E-state index in [0.29, 0.717) is 46.9 Å². The predicted octanol–water partition coefficient (Wildman–Crippen LogP) is 6.51. The minimum absolute atomic E-state index is 0.0628. The molecule has 0 bridgehead atoms. The molecule has 2 N–H and O–H groups in total. The van der Waals surface area contributed by atoms with Crippen molar-refractivity contribution < 1.29 is 23.1 Å². The lowest BCUT2D eigenvalue weighted by Crippen LogP contribution is -2.14. The van der Waals surface area contributed by atoms with E-state index in [2.05, 4.69) is 28.9 Å². The number of carbonyl (C=O) groups is 1. The van der Waals surface area contributed by atoms with Crippen LogP contribution in [0, 0.1) is 5.92 Å². The third kappa shape index (κ3) is 7.40. The first-order chi connectivity index (χ1) is 18.8. The van der Waals surface area contributed by atoms with E-state index < -0.39 is 13.6 Å². The number of aromatic hydroxyl groups is 1. The Morgan fingerprint density at radius 2 is 1.87 bits per heavy atom. The van der Waals surface area contributed by atoms with E-state index in [9.17, 15) is 23.1 Å². The van der Waals surface area contributed by atoms with E-state index in [1.807, 2.05) is 52.8 Å². The fourth-order valence-corrected chi connectivity index (χ4v) is 4.82. The Balaban J connectivity index is 0.00000134. The van der Waals surface area contributed by atoms with Crippen molar-refractivity contribution in [1.82, 2.24) is 24.6 Å². The summed E-state index contributed by atoms with van der Waals surface area (Å²) < 4.78 is 35.5. The Morgan fingerprint density at radius 1 is 1.13 bits per heavy atom. The number of imidazole rings is 1. The van der Waals surface area contributed by atoms with Crippen LogP contribution in [-0.4, -0.2) is 50.4 Å². The number of nitrogens with one attached hydrogen (secondary N) is 1. The van der Waals surface area contributed by atoms with Gasteiger partial charge in [-0.25, -0.2) is 18.2 Å². The highest BCUT2D eigenvalue weighted by atomic mass is 19.3. The lowest BCUT2D eigenvalue weighted by Gasteiger charge is -2.16. The molecule has 0 amide bonds. The Bertz CT molecular complexity index is 1400. The monoisotopic (exact) mass is 543 g/mol. The van der Waals surface area contributed by atoms with E-state index in [1.165, 1.54) is 0 Å². The number of ketones is 1. The Labute approximate surface area is 226 Å². The molecule has 4 rings (SSSR count). The third-order valence-corrected chi connectivity index (χ3v) is 6.66. The number of benzene rings is 2. The van der Waals surface area contributed by atoms with Gasteiger partial charge in [0.05, 0.1) is 21.9 Å². The molecule has 7 nitrogen and oxygen atoms in total. The van der Waals surface area contributed by atoms with E-state index in [4.69, 9.17) is 0 Å².